The number of carbonyl (C=O) groups is 2. The largest absolute Gasteiger partial charge is 0.496 e. The lowest BCUT2D eigenvalue weighted by Gasteiger charge is -2.12. The van der Waals surface area contributed by atoms with Gasteiger partial charge in [-0.25, -0.2) is 13.8 Å². The second-order valence-electron chi connectivity index (χ2n) is 5.53. The summed E-state index contributed by atoms with van der Waals surface area (Å²) in [7, 11) is 1.39. The van der Waals surface area contributed by atoms with E-state index in [1.54, 1.807) is 6.07 Å². The van der Waals surface area contributed by atoms with Gasteiger partial charge < -0.3 is 20.5 Å². The Morgan fingerprint density at radius 1 is 1.42 bits per heavy atom. The summed E-state index contributed by atoms with van der Waals surface area (Å²) in [5.41, 5.74) is 5.28. The first-order valence-electron chi connectivity index (χ1n) is 7.58. The van der Waals surface area contributed by atoms with Crippen molar-refractivity contribution in [1.29, 1.82) is 0 Å². The van der Waals surface area contributed by atoms with Crippen LogP contribution in [0.4, 0.5) is 8.78 Å². The minimum absolute atomic E-state index is 0.0320. The highest BCUT2D eigenvalue weighted by Gasteiger charge is 2.33. The minimum atomic E-state index is -2.02. The third kappa shape index (κ3) is 3.03. The molecule has 0 saturated heterocycles. The lowest BCUT2D eigenvalue weighted by Crippen LogP contribution is -2.24. The van der Waals surface area contributed by atoms with Crippen molar-refractivity contribution in [3.8, 4) is 11.6 Å². The third-order valence-corrected chi connectivity index (χ3v) is 4.01. The van der Waals surface area contributed by atoms with Crippen LogP contribution < -0.4 is 20.5 Å². The van der Waals surface area contributed by atoms with E-state index in [1.165, 1.54) is 25.4 Å². The van der Waals surface area contributed by atoms with Gasteiger partial charge in [0.25, 0.3) is 11.8 Å². The number of benzene rings is 1. The van der Waals surface area contributed by atoms with Gasteiger partial charge in [0.15, 0.2) is 0 Å². The average Bonchev–Trinajstić information content (AvgIpc) is 2.91. The van der Waals surface area contributed by atoms with Crippen LogP contribution in [0.2, 0.25) is 0 Å². The molecule has 0 saturated carbocycles. The van der Waals surface area contributed by atoms with E-state index in [2.05, 4.69) is 10.3 Å². The number of rotatable bonds is 6. The standard InChI is InChI=1S/C17H15F2N3O4/c1-25-13-5-9-8(4-10(13)15(20)23)2-3-21-17(9)26-7-12-11(6-18)14(19)16(24)22-12/h2-5,14H,6-7H2,1H3,(H2,20,23)(H,22,24)/t14-/m0/s1. The predicted octanol–water partition coefficient (Wildman–Crippen LogP) is 1.41. The number of nitrogens with two attached hydrogens (primary N) is 1. The smallest absolute Gasteiger partial charge is 0.263 e. The van der Waals surface area contributed by atoms with Gasteiger partial charge >= 0.3 is 0 Å². The Kier molecular flexibility index (Phi) is 4.70. The van der Waals surface area contributed by atoms with Crippen LogP contribution in [0.1, 0.15) is 10.4 Å². The summed E-state index contributed by atoms with van der Waals surface area (Å²) in [6, 6.07) is 4.72. The first-order chi connectivity index (χ1) is 12.5. The molecule has 26 heavy (non-hydrogen) atoms. The van der Waals surface area contributed by atoms with Gasteiger partial charge in [-0.3, -0.25) is 9.59 Å². The van der Waals surface area contributed by atoms with Gasteiger partial charge in [0.1, 0.15) is 19.0 Å². The zero-order valence-electron chi connectivity index (χ0n) is 13.7. The van der Waals surface area contributed by atoms with Gasteiger partial charge in [-0.05, 0) is 23.6 Å². The van der Waals surface area contributed by atoms with Crippen molar-refractivity contribution in [2.24, 2.45) is 5.73 Å². The number of pyridine rings is 1. The lowest BCUT2D eigenvalue weighted by molar-refractivity contribution is -0.123. The topological polar surface area (TPSA) is 104 Å². The van der Waals surface area contributed by atoms with E-state index < -0.39 is 24.7 Å². The SMILES string of the molecule is COc1cc2c(OCC3=C(CF)[C@H](F)C(=O)N3)nccc2cc1C(N)=O. The number of carbonyl (C=O) groups excluding carboxylic acids is 2. The monoisotopic (exact) mass is 363 g/mol. The van der Waals surface area contributed by atoms with Gasteiger partial charge in [0.05, 0.1) is 18.4 Å². The maximum Gasteiger partial charge on any atom is 0.263 e. The number of ether oxygens (including phenoxy) is 2. The average molecular weight is 363 g/mol. The summed E-state index contributed by atoms with van der Waals surface area (Å²) in [6.07, 6.45) is -0.567. The van der Waals surface area contributed by atoms with Crippen LogP contribution in [-0.2, 0) is 4.79 Å². The van der Waals surface area contributed by atoms with Crippen molar-refractivity contribution >= 4 is 22.6 Å². The van der Waals surface area contributed by atoms with Crippen molar-refractivity contribution in [3.05, 3.63) is 41.2 Å². The molecule has 0 unspecified atom stereocenters. The van der Waals surface area contributed by atoms with Crippen molar-refractivity contribution < 1.29 is 27.8 Å². The Morgan fingerprint density at radius 3 is 2.85 bits per heavy atom. The highest BCUT2D eigenvalue weighted by Crippen LogP contribution is 2.31. The number of hydrogen-bond acceptors (Lipinski definition) is 5. The number of methoxy groups -OCH3 is 1. The van der Waals surface area contributed by atoms with Crippen LogP contribution in [0.3, 0.4) is 0 Å². The highest BCUT2D eigenvalue weighted by atomic mass is 19.1. The fraction of sp³-hybridized carbons (Fsp3) is 0.235. The van der Waals surface area contributed by atoms with E-state index in [1.807, 2.05) is 0 Å². The van der Waals surface area contributed by atoms with E-state index in [4.69, 9.17) is 15.2 Å². The summed E-state index contributed by atoms with van der Waals surface area (Å²) in [4.78, 5) is 26.9. The number of aromatic nitrogens is 1. The molecule has 0 bridgehead atoms. The van der Waals surface area contributed by atoms with Gasteiger partial charge in [0, 0.05) is 17.2 Å². The molecule has 136 valence electrons. The second-order valence-corrected chi connectivity index (χ2v) is 5.53. The number of alkyl halides is 2. The van der Waals surface area contributed by atoms with E-state index in [0.717, 1.165) is 0 Å². The van der Waals surface area contributed by atoms with Crippen molar-refractivity contribution in [1.82, 2.24) is 10.3 Å². The molecule has 9 heteroatoms. The van der Waals surface area contributed by atoms with Crippen molar-refractivity contribution in [3.63, 3.8) is 0 Å². The van der Waals surface area contributed by atoms with Gasteiger partial charge in [-0.2, -0.15) is 0 Å². The first kappa shape index (κ1) is 17.6. The van der Waals surface area contributed by atoms with Crippen molar-refractivity contribution in [2.45, 2.75) is 6.17 Å². The minimum Gasteiger partial charge on any atom is -0.496 e. The number of halogens is 2. The van der Waals surface area contributed by atoms with E-state index in [9.17, 15) is 18.4 Å². The van der Waals surface area contributed by atoms with Crippen LogP contribution in [0.5, 0.6) is 11.6 Å². The van der Waals surface area contributed by atoms with E-state index in [0.29, 0.717) is 10.8 Å². The molecule has 2 amide bonds. The van der Waals surface area contributed by atoms with Crippen molar-refractivity contribution in [2.75, 3.05) is 20.4 Å². The van der Waals surface area contributed by atoms with Gasteiger partial charge in [0.2, 0.25) is 12.1 Å². The molecule has 3 N–H and O–H groups in total. The number of amides is 2. The number of nitrogens with one attached hydrogen (secondary N) is 1. The molecule has 0 aliphatic carbocycles. The first-order valence-corrected chi connectivity index (χ1v) is 7.58. The number of primary amides is 1. The Morgan fingerprint density at radius 2 is 2.19 bits per heavy atom. The maximum absolute atomic E-state index is 13.6. The molecule has 0 spiro atoms. The molecule has 0 radical (unpaired) electrons. The van der Waals surface area contributed by atoms with Crippen LogP contribution >= 0.6 is 0 Å². The molecular formula is C17H15F2N3O4. The molecule has 0 fully saturated rings. The molecule has 3 rings (SSSR count). The predicted molar refractivity (Wildman–Crippen MR) is 88.3 cm³/mol. The zero-order valence-corrected chi connectivity index (χ0v) is 13.7. The summed E-state index contributed by atoms with van der Waals surface area (Å²) >= 11 is 0. The van der Waals surface area contributed by atoms with Crippen LogP contribution in [-0.4, -0.2) is 43.4 Å². The van der Waals surface area contributed by atoms with E-state index >= 15 is 0 Å². The fourth-order valence-electron chi connectivity index (χ4n) is 2.67. The lowest BCUT2D eigenvalue weighted by atomic mass is 10.1. The number of fused-ring (bicyclic) bond motifs is 1. The Bertz CT molecular complexity index is 930. The summed E-state index contributed by atoms with van der Waals surface area (Å²) in [5, 5.41) is 3.38. The Labute approximate surface area is 146 Å². The normalized spacial score (nSPS) is 16.7. The molecule has 2 heterocycles. The molecule has 1 aliphatic heterocycles. The second kappa shape index (κ2) is 6.95. The number of nitrogens with zero attached hydrogens (tertiary/aromatic N) is 1. The summed E-state index contributed by atoms with van der Waals surface area (Å²) < 4.78 is 37.2. The number of hydrogen-bond donors (Lipinski definition) is 2. The molecular weight excluding hydrogens is 348 g/mol. The summed E-state index contributed by atoms with van der Waals surface area (Å²) in [6.45, 7) is -1.37. The molecule has 7 nitrogen and oxygen atoms in total. The molecule has 1 atom stereocenters. The molecule has 1 aromatic heterocycles. The molecule has 2 aromatic rings. The Hall–Kier alpha value is -3.23. The maximum atomic E-state index is 13.6. The quantitative estimate of drug-likeness (QED) is 0.808. The zero-order chi connectivity index (χ0) is 18.8. The Balaban J connectivity index is 1.95. The van der Waals surface area contributed by atoms with Gasteiger partial charge in [-0.1, -0.05) is 0 Å². The molecule has 1 aromatic carbocycles. The van der Waals surface area contributed by atoms with Crippen LogP contribution in [0, 0.1) is 0 Å². The highest BCUT2D eigenvalue weighted by molar-refractivity contribution is 6.01. The van der Waals surface area contributed by atoms with Crippen LogP contribution in [0.25, 0.3) is 10.8 Å². The third-order valence-electron chi connectivity index (χ3n) is 4.01. The fourth-order valence-corrected chi connectivity index (χ4v) is 2.67. The van der Waals surface area contributed by atoms with E-state index in [-0.39, 0.29) is 35.1 Å². The molecule has 1 aliphatic rings. The summed E-state index contributed by atoms with van der Waals surface area (Å²) in [5.74, 6) is -1.18. The van der Waals surface area contributed by atoms with Crippen LogP contribution in [0.15, 0.2) is 35.7 Å². The van der Waals surface area contributed by atoms with Gasteiger partial charge in [-0.15, -0.1) is 0 Å².